The first-order chi connectivity index (χ1) is 10.3. The van der Waals surface area contributed by atoms with E-state index >= 15 is 0 Å². The topological polar surface area (TPSA) is 46.2 Å². The fraction of sp³-hybridized carbons (Fsp3) is 0.333. The first kappa shape index (κ1) is 16.6. The Bertz CT molecular complexity index is 747. The molecule has 0 radical (unpaired) electrons. The Morgan fingerprint density at radius 1 is 1.05 bits per heavy atom. The number of anilines is 1. The number of hydrogen-bond donors (Lipinski definition) is 1. The summed E-state index contributed by atoms with van der Waals surface area (Å²) in [7, 11) is -3.57. The third kappa shape index (κ3) is 3.50. The molecule has 0 saturated carbocycles. The normalized spacial score (nSPS) is 11.7. The summed E-state index contributed by atoms with van der Waals surface area (Å²) in [6.45, 7) is 8.08. The van der Waals surface area contributed by atoms with Crippen LogP contribution in [0.1, 0.15) is 43.4 Å². The molecule has 2 rings (SSSR count). The molecule has 0 unspecified atom stereocenters. The van der Waals surface area contributed by atoms with Crippen molar-refractivity contribution < 1.29 is 8.42 Å². The summed E-state index contributed by atoms with van der Waals surface area (Å²) >= 11 is 0. The summed E-state index contributed by atoms with van der Waals surface area (Å²) in [5.74, 6) is 0.250. The number of benzene rings is 2. The Hall–Kier alpha value is -1.81. The Morgan fingerprint density at radius 2 is 1.68 bits per heavy atom. The van der Waals surface area contributed by atoms with Crippen LogP contribution >= 0.6 is 0 Å². The second-order valence-corrected chi connectivity index (χ2v) is 7.48. The molecule has 0 fully saturated rings. The van der Waals surface area contributed by atoms with Gasteiger partial charge in [0.05, 0.1) is 10.6 Å². The lowest BCUT2D eigenvalue weighted by atomic mass is 9.99. The number of hydrogen-bond acceptors (Lipinski definition) is 2. The predicted molar refractivity (Wildman–Crippen MR) is 91.9 cm³/mol. The van der Waals surface area contributed by atoms with Crippen molar-refractivity contribution in [2.75, 3.05) is 4.72 Å². The van der Waals surface area contributed by atoms with Gasteiger partial charge in [-0.2, -0.15) is 0 Å². The van der Waals surface area contributed by atoms with Gasteiger partial charge in [0.2, 0.25) is 0 Å². The fourth-order valence-corrected chi connectivity index (χ4v) is 3.57. The summed E-state index contributed by atoms with van der Waals surface area (Å²) in [4.78, 5) is 0.294. The minimum Gasteiger partial charge on any atom is -0.279 e. The fourth-order valence-electron chi connectivity index (χ4n) is 2.41. The van der Waals surface area contributed by atoms with Crippen LogP contribution in [-0.2, 0) is 16.4 Å². The summed E-state index contributed by atoms with van der Waals surface area (Å²) in [5.41, 5.74) is 3.75. The Labute approximate surface area is 133 Å². The molecule has 0 atom stereocenters. The van der Waals surface area contributed by atoms with Crippen molar-refractivity contribution in [2.45, 2.75) is 44.9 Å². The molecular weight excluding hydrogens is 294 g/mol. The van der Waals surface area contributed by atoms with Crippen LogP contribution in [0.5, 0.6) is 0 Å². The van der Waals surface area contributed by atoms with Crippen LogP contribution in [-0.4, -0.2) is 8.42 Å². The minimum absolute atomic E-state index is 0.250. The first-order valence-electron chi connectivity index (χ1n) is 7.56. The smallest absolute Gasteiger partial charge is 0.261 e. The van der Waals surface area contributed by atoms with Crippen molar-refractivity contribution in [1.82, 2.24) is 0 Å². The van der Waals surface area contributed by atoms with Gasteiger partial charge in [0, 0.05) is 0 Å². The van der Waals surface area contributed by atoms with Gasteiger partial charge in [-0.05, 0) is 48.1 Å². The molecule has 0 aliphatic heterocycles. The van der Waals surface area contributed by atoms with Gasteiger partial charge in [0.15, 0.2) is 0 Å². The van der Waals surface area contributed by atoms with Crippen molar-refractivity contribution in [3.05, 3.63) is 59.2 Å². The Balaban J connectivity index is 2.40. The van der Waals surface area contributed by atoms with E-state index in [2.05, 4.69) is 18.6 Å². The highest BCUT2D eigenvalue weighted by atomic mass is 32.2. The molecule has 3 nitrogen and oxygen atoms in total. The second kappa shape index (κ2) is 6.53. The van der Waals surface area contributed by atoms with Crippen LogP contribution in [0, 0.1) is 6.92 Å². The summed E-state index contributed by atoms with van der Waals surface area (Å²) in [6, 6.07) is 12.9. The van der Waals surface area contributed by atoms with Crippen LogP contribution in [0.4, 0.5) is 5.69 Å². The van der Waals surface area contributed by atoms with Crippen molar-refractivity contribution in [3.8, 4) is 0 Å². The Kier molecular flexibility index (Phi) is 4.91. The number of rotatable bonds is 5. The maximum Gasteiger partial charge on any atom is 0.261 e. The molecule has 0 amide bonds. The van der Waals surface area contributed by atoms with Crippen LogP contribution in [0.2, 0.25) is 0 Å². The highest BCUT2D eigenvalue weighted by Crippen LogP contribution is 2.29. The number of aryl methyl sites for hydroxylation is 2. The van der Waals surface area contributed by atoms with E-state index in [1.807, 2.05) is 44.2 Å². The van der Waals surface area contributed by atoms with E-state index in [0.29, 0.717) is 10.6 Å². The molecule has 2 aromatic rings. The minimum atomic E-state index is -3.57. The SMILES string of the molecule is CCc1ccc(S(=O)(=O)Nc2c(C)cccc2C(C)C)cc1. The van der Waals surface area contributed by atoms with Crippen molar-refractivity contribution in [1.29, 1.82) is 0 Å². The maximum atomic E-state index is 12.6. The van der Waals surface area contributed by atoms with Gasteiger partial charge in [0.25, 0.3) is 10.0 Å². The van der Waals surface area contributed by atoms with E-state index in [1.165, 1.54) is 0 Å². The maximum absolute atomic E-state index is 12.6. The van der Waals surface area contributed by atoms with Gasteiger partial charge in [-0.1, -0.05) is 51.1 Å². The summed E-state index contributed by atoms with van der Waals surface area (Å²) < 4.78 is 28.0. The summed E-state index contributed by atoms with van der Waals surface area (Å²) in [6.07, 6.45) is 0.892. The predicted octanol–water partition coefficient (Wildman–Crippen LogP) is 4.48. The molecule has 0 aliphatic carbocycles. The number of nitrogens with one attached hydrogen (secondary N) is 1. The highest BCUT2D eigenvalue weighted by molar-refractivity contribution is 7.92. The quantitative estimate of drug-likeness (QED) is 0.883. The first-order valence-corrected chi connectivity index (χ1v) is 9.04. The molecule has 2 aromatic carbocycles. The number of para-hydroxylation sites is 1. The van der Waals surface area contributed by atoms with E-state index < -0.39 is 10.0 Å². The zero-order valence-corrected chi connectivity index (χ0v) is 14.4. The third-order valence-corrected chi connectivity index (χ3v) is 5.17. The lowest BCUT2D eigenvalue weighted by Gasteiger charge is -2.17. The van der Waals surface area contributed by atoms with Gasteiger partial charge in [-0.25, -0.2) is 8.42 Å². The van der Waals surface area contributed by atoms with Gasteiger partial charge in [-0.3, -0.25) is 4.72 Å². The molecule has 4 heteroatoms. The van der Waals surface area contributed by atoms with Gasteiger partial charge in [0.1, 0.15) is 0 Å². The lowest BCUT2D eigenvalue weighted by molar-refractivity contribution is 0.601. The monoisotopic (exact) mass is 317 g/mol. The molecule has 0 heterocycles. The molecule has 1 N–H and O–H groups in total. The van der Waals surface area contributed by atoms with Crippen molar-refractivity contribution in [2.24, 2.45) is 0 Å². The van der Waals surface area contributed by atoms with E-state index in [9.17, 15) is 8.42 Å². The number of sulfonamides is 1. The highest BCUT2D eigenvalue weighted by Gasteiger charge is 2.18. The zero-order valence-electron chi connectivity index (χ0n) is 13.6. The molecule has 0 aliphatic rings. The van der Waals surface area contributed by atoms with E-state index in [4.69, 9.17) is 0 Å². The molecule has 22 heavy (non-hydrogen) atoms. The van der Waals surface area contributed by atoms with E-state index in [-0.39, 0.29) is 5.92 Å². The van der Waals surface area contributed by atoms with Crippen LogP contribution in [0.25, 0.3) is 0 Å². The average Bonchev–Trinajstić information content (AvgIpc) is 2.49. The van der Waals surface area contributed by atoms with Crippen LogP contribution < -0.4 is 4.72 Å². The molecule has 0 spiro atoms. The standard InChI is InChI=1S/C18H23NO2S/c1-5-15-9-11-16(12-10-15)22(20,21)19-18-14(4)7-6-8-17(18)13(2)3/h6-13,19H,5H2,1-4H3. The molecule has 0 bridgehead atoms. The second-order valence-electron chi connectivity index (χ2n) is 5.80. The molecule has 0 aromatic heterocycles. The zero-order chi connectivity index (χ0) is 16.3. The van der Waals surface area contributed by atoms with Gasteiger partial charge in [-0.15, -0.1) is 0 Å². The van der Waals surface area contributed by atoms with Crippen LogP contribution in [0.15, 0.2) is 47.4 Å². The van der Waals surface area contributed by atoms with Gasteiger partial charge < -0.3 is 0 Å². The summed E-state index contributed by atoms with van der Waals surface area (Å²) in [5, 5.41) is 0. The van der Waals surface area contributed by atoms with Crippen LogP contribution in [0.3, 0.4) is 0 Å². The molecule has 0 saturated heterocycles. The van der Waals surface area contributed by atoms with Gasteiger partial charge >= 0.3 is 0 Å². The van der Waals surface area contributed by atoms with Crippen molar-refractivity contribution in [3.63, 3.8) is 0 Å². The third-order valence-electron chi connectivity index (χ3n) is 3.81. The molecular formula is C18H23NO2S. The van der Waals surface area contributed by atoms with Crippen molar-refractivity contribution >= 4 is 15.7 Å². The van der Waals surface area contributed by atoms with E-state index in [1.54, 1.807) is 12.1 Å². The molecule has 118 valence electrons. The average molecular weight is 317 g/mol. The largest absolute Gasteiger partial charge is 0.279 e. The van der Waals surface area contributed by atoms with E-state index in [0.717, 1.165) is 23.1 Å². The lowest BCUT2D eigenvalue weighted by Crippen LogP contribution is -2.15. The Morgan fingerprint density at radius 3 is 2.23 bits per heavy atom.